The summed E-state index contributed by atoms with van der Waals surface area (Å²) in [6, 6.07) is 2.64. The summed E-state index contributed by atoms with van der Waals surface area (Å²) in [6.45, 7) is 2.30. The Morgan fingerprint density at radius 1 is 0.474 bits per heavy atom. The Kier molecular flexibility index (Phi) is 4.33. The van der Waals surface area contributed by atoms with Crippen LogP contribution in [0.5, 0.6) is 5.75 Å². The van der Waals surface area contributed by atoms with Crippen LogP contribution in [0, 0.1) is 60.2 Å². The molecule has 0 spiro atoms. The quantitative estimate of drug-likeness (QED) is 0.430. The number of hydrogen-bond donors (Lipinski definition) is 1. The average Bonchev–Trinajstić information content (AvgIpc) is 2.82. The lowest BCUT2D eigenvalue weighted by Crippen LogP contribution is -2.55. The minimum atomic E-state index is 0.292. The van der Waals surface area contributed by atoms with Gasteiger partial charge >= 0.3 is 0 Å². The van der Waals surface area contributed by atoms with Crippen LogP contribution in [0.2, 0.25) is 0 Å². The summed E-state index contributed by atoms with van der Waals surface area (Å²) in [5.41, 5.74) is 7.66. The van der Waals surface area contributed by atoms with Crippen molar-refractivity contribution in [1.29, 1.82) is 0 Å². The zero-order chi connectivity index (χ0) is 25.0. The number of hydrogen-bond acceptors (Lipinski definition) is 1. The first-order valence-electron chi connectivity index (χ1n) is 17.3. The van der Waals surface area contributed by atoms with Gasteiger partial charge in [-0.1, -0.05) is 6.07 Å². The molecule has 1 aromatic rings. The minimum absolute atomic E-state index is 0.292. The molecule has 0 aromatic heterocycles. The molecular weight excluding hydrogens is 460 g/mol. The number of phenolic OH excluding ortho intramolecular Hbond substituents is 1. The van der Waals surface area contributed by atoms with Crippen LogP contribution in [-0.4, -0.2) is 5.11 Å². The van der Waals surface area contributed by atoms with Crippen molar-refractivity contribution in [3.63, 3.8) is 0 Å². The van der Waals surface area contributed by atoms with Crippen LogP contribution in [0.1, 0.15) is 138 Å². The van der Waals surface area contributed by atoms with Crippen molar-refractivity contribution < 1.29 is 5.11 Å². The molecule has 0 amide bonds. The molecule has 12 aliphatic carbocycles. The third-order valence-corrected chi connectivity index (χ3v) is 15.2. The van der Waals surface area contributed by atoms with Gasteiger partial charge < -0.3 is 5.11 Å². The molecule has 0 saturated heterocycles. The molecule has 0 atom stereocenters. The molecule has 12 fully saturated rings. The average molecular weight is 511 g/mol. The summed E-state index contributed by atoms with van der Waals surface area (Å²) in [7, 11) is 0. The fourth-order valence-corrected chi connectivity index (χ4v) is 15.6. The van der Waals surface area contributed by atoms with Crippen molar-refractivity contribution in [3.8, 4) is 5.75 Å². The van der Waals surface area contributed by atoms with Crippen LogP contribution in [0.25, 0.3) is 0 Å². The van der Waals surface area contributed by atoms with Gasteiger partial charge in [0.15, 0.2) is 0 Å². The summed E-state index contributed by atoms with van der Waals surface area (Å²) in [4.78, 5) is 0. The smallest absolute Gasteiger partial charge is 0.122 e. The highest BCUT2D eigenvalue weighted by Crippen LogP contribution is 2.70. The van der Waals surface area contributed by atoms with Crippen molar-refractivity contribution in [2.24, 2.45) is 53.3 Å². The third-order valence-electron chi connectivity index (χ3n) is 15.2. The van der Waals surface area contributed by atoms with Crippen LogP contribution < -0.4 is 0 Å². The molecule has 1 aromatic carbocycles. The first-order valence-corrected chi connectivity index (χ1v) is 17.3. The normalized spacial score (nSPS) is 54.8. The van der Waals surface area contributed by atoms with Crippen LogP contribution in [0.4, 0.5) is 0 Å². The van der Waals surface area contributed by atoms with E-state index in [-0.39, 0.29) is 0 Å². The van der Waals surface area contributed by atoms with Gasteiger partial charge in [-0.25, -0.2) is 0 Å². The topological polar surface area (TPSA) is 20.2 Å². The van der Waals surface area contributed by atoms with Crippen LogP contribution in [0.15, 0.2) is 6.07 Å². The maximum atomic E-state index is 12.3. The maximum Gasteiger partial charge on any atom is 0.122 e. The second-order valence-corrected chi connectivity index (χ2v) is 17.9. The molecule has 0 unspecified atom stereocenters. The Balaban J connectivity index is 1.24. The zero-order valence-electron chi connectivity index (χ0n) is 23.9. The first kappa shape index (κ1) is 22.7. The van der Waals surface area contributed by atoms with Crippen LogP contribution in [-0.2, 0) is 16.2 Å². The van der Waals surface area contributed by atoms with E-state index >= 15 is 0 Å². The predicted molar refractivity (Wildman–Crippen MR) is 152 cm³/mol. The van der Waals surface area contributed by atoms with E-state index in [4.69, 9.17) is 0 Å². The maximum absolute atomic E-state index is 12.3. The number of aryl methyl sites for hydroxylation is 1. The van der Waals surface area contributed by atoms with Crippen molar-refractivity contribution in [2.45, 2.75) is 139 Å². The Labute approximate surface area is 230 Å². The largest absolute Gasteiger partial charge is 0.507 e. The number of rotatable bonds is 3. The monoisotopic (exact) mass is 510 g/mol. The fraction of sp³-hybridized carbons (Fsp3) is 0.838. The van der Waals surface area contributed by atoms with E-state index in [1.54, 1.807) is 5.56 Å². The summed E-state index contributed by atoms with van der Waals surface area (Å²) in [6.07, 6.45) is 26.7. The van der Waals surface area contributed by atoms with Crippen LogP contribution >= 0.6 is 0 Å². The molecule has 38 heavy (non-hydrogen) atoms. The fourth-order valence-electron chi connectivity index (χ4n) is 15.6. The Morgan fingerprint density at radius 3 is 1.11 bits per heavy atom. The van der Waals surface area contributed by atoms with Gasteiger partial charge in [0.25, 0.3) is 0 Å². The molecule has 12 saturated carbocycles. The summed E-state index contributed by atoms with van der Waals surface area (Å²) < 4.78 is 0. The highest BCUT2D eigenvalue weighted by Gasteiger charge is 2.60. The van der Waals surface area contributed by atoms with Gasteiger partial charge in [0.2, 0.25) is 0 Å². The van der Waals surface area contributed by atoms with Gasteiger partial charge in [-0.15, -0.1) is 0 Å². The molecule has 0 radical (unpaired) electrons. The molecule has 0 heterocycles. The highest BCUT2D eigenvalue weighted by molar-refractivity contribution is 5.60. The van der Waals surface area contributed by atoms with Crippen molar-refractivity contribution >= 4 is 0 Å². The summed E-state index contributed by atoms with van der Waals surface area (Å²) >= 11 is 0. The number of benzene rings is 1. The van der Waals surface area contributed by atoms with Gasteiger partial charge in [0.05, 0.1) is 0 Å². The molecule has 12 aliphatic rings. The number of aromatic hydroxyl groups is 1. The number of phenols is 1. The van der Waals surface area contributed by atoms with Crippen molar-refractivity contribution in [2.75, 3.05) is 0 Å². The van der Waals surface area contributed by atoms with E-state index in [1.807, 2.05) is 11.1 Å². The standard InChI is InChI=1S/C37H50O/c1-21-2-31(35-12-22-3-23(13-35)5-24(4-22)14-35)32(36-15-25-6-26(16-36)8-27(7-25)17-36)33(34(21)38)37-18-28-9-29(19-37)11-30(10-28)20-37/h2,22-30,38H,3-20H2,1H3. The summed E-state index contributed by atoms with van der Waals surface area (Å²) in [5.74, 6) is 9.48. The molecule has 204 valence electrons. The lowest BCUT2D eigenvalue weighted by molar-refractivity contribution is -0.0250. The predicted octanol–water partition coefficient (Wildman–Crippen LogP) is 9.10. The Bertz CT molecular complexity index is 1100. The minimum Gasteiger partial charge on any atom is -0.507 e. The SMILES string of the molecule is Cc1cc(C23CC4CC(CC(C4)C2)C3)c(C23CC4CC(CC(C4)C2)C3)c(C23CC4CC(CC(C4)C2)C3)c1O. The van der Waals surface area contributed by atoms with Crippen LogP contribution in [0.3, 0.4) is 0 Å². The third kappa shape index (κ3) is 2.91. The van der Waals surface area contributed by atoms with Gasteiger partial charge in [-0.2, -0.15) is 0 Å². The van der Waals surface area contributed by atoms with Gasteiger partial charge in [0, 0.05) is 11.0 Å². The molecule has 13 rings (SSSR count). The Hall–Kier alpha value is -0.980. The lowest BCUT2D eigenvalue weighted by atomic mass is 9.41. The molecule has 12 bridgehead atoms. The highest BCUT2D eigenvalue weighted by atomic mass is 16.3. The van der Waals surface area contributed by atoms with Gasteiger partial charge in [-0.3, -0.25) is 0 Å². The van der Waals surface area contributed by atoms with Crippen molar-refractivity contribution in [3.05, 3.63) is 28.3 Å². The first-order chi connectivity index (χ1) is 18.4. The van der Waals surface area contributed by atoms with E-state index in [0.29, 0.717) is 16.2 Å². The second kappa shape index (κ2) is 7.26. The second-order valence-electron chi connectivity index (χ2n) is 17.9. The van der Waals surface area contributed by atoms with Gasteiger partial charge in [-0.05, 0) is 203 Å². The molecule has 1 nitrogen and oxygen atoms in total. The van der Waals surface area contributed by atoms with E-state index in [9.17, 15) is 5.11 Å². The molecule has 1 N–H and O–H groups in total. The molecule has 0 aliphatic heterocycles. The zero-order valence-corrected chi connectivity index (χ0v) is 23.9. The van der Waals surface area contributed by atoms with Gasteiger partial charge in [0.1, 0.15) is 5.75 Å². The Morgan fingerprint density at radius 2 is 0.763 bits per heavy atom. The lowest BCUT2D eigenvalue weighted by Gasteiger charge is -2.63. The van der Waals surface area contributed by atoms with E-state index in [1.165, 1.54) is 121 Å². The van der Waals surface area contributed by atoms with E-state index in [2.05, 4.69) is 13.0 Å². The molecule has 1 heteroatoms. The van der Waals surface area contributed by atoms with E-state index < -0.39 is 0 Å². The summed E-state index contributed by atoms with van der Waals surface area (Å²) in [5, 5.41) is 12.3. The molecular formula is C37H50O. The van der Waals surface area contributed by atoms with E-state index in [0.717, 1.165) is 59.0 Å². The van der Waals surface area contributed by atoms with Crippen molar-refractivity contribution in [1.82, 2.24) is 0 Å².